The molecule has 1 aliphatic rings. The standard InChI is InChI=1S/C15H20O6S/c1-11-2-4-14(5-3-11)22(18,19)21-7-6-20-10-12-8-13(9-12)15(16)17/h2-5,12-13H,6-10H2,1H3,(H,16,17). The molecule has 0 aromatic heterocycles. The van der Waals surface area contributed by atoms with Crippen LogP contribution in [0.5, 0.6) is 0 Å². The molecule has 0 unspecified atom stereocenters. The van der Waals surface area contributed by atoms with Gasteiger partial charge in [0.15, 0.2) is 0 Å². The van der Waals surface area contributed by atoms with Crippen molar-refractivity contribution in [3.63, 3.8) is 0 Å². The molecule has 0 aliphatic heterocycles. The normalized spacial score (nSPS) is 21.3. The Morgan fingerprint density at radius 3 is 2.45 bits per heavy atom. The molecule has 2 rings (SSSR count). The fourth-order valence-corrected chi connectivity index (χ4v) is 3.19. The maximum Gasteiger partial charge on any atom is 0.306 e. The molecular formula is C15H20O6S. The summed E-state index contributed by atoms with van der Waals surface area (Å²) in [6.07, 6.45) is 1.25. The van der Waals surface area contributed by atoms with Gasteiger partial charge >= 0.3 is 5.97 Å². The lowest BCUT2D eigenvalue weighted by atomic mass is 9.75. The number of aryl methyl sites for hydroxylation is 1. The topological polar surface area (TPSA) is 89.9 Å². The molecule has 1 fully saturated rings. The van der Waals surface area contributed by atoms with Crippen LogP contribution < -0.4 is 0 Å². The van der Waals surface area contributed by atoms with Crippen molar-refractivity contribution in [2.75, 3.05) is 19.8 Å². The Kier molecular flexibility index (Phi) is 5.55. The smallest absolute Gasteiger partial charge is 0.306 e. The number of carboxylic acid groups (broad SMARTS) is 1. The molecule has 1 aromatic rings. The third kappa shape index (κ3) is 4.53. The van der Waals surface area contributed by atoms with Crippen molar-refractivity contribution in [1.29, 1.82) is 0 Å². The minimum Gasteiger partial charge on any atom is -0.481 e. The second kappa shape index (κ2) is 7.21. The number of hydrogen-bond acceptors (Lipinski definition) is 5. The zero-order valence-corrected chi connectivity index (χ0v) is 13.2. The van der Waals surface area contributed by atoms with Crippen molar-refractivity contribution in [1.82, 2.24) is 0 Å². The zero-order chi connectivity index (χ0) is 16.2. The molecule has 1 aromatic carbocycles. The molecule has 0 heterocycles. The second-order valence-electron chi connectivity index (χ2n) is 5.54. The third-order valence-corrected chi connectivity index (χ3v) is 5.04. The number of aliphatic carboxylic acids is 1. The lowest BCUT2D eigenvalue weighted by molar-refractivity contribution is -0.147. The lowest BCUT2D eigenvalue weighted by Crippen LogP contribution is -2.33. The van der Waals surface area contributed by atoms with E-state index in [0.29, 0.717) is 19.4 Å². The van der Waals surface area contributed by atoms with E-state index in [1.807, 2.05) is 6.92 Å². The Morgan fingerprint density at radius 2 is 1.86 bits per heavy atom. The largest absolute Gasteiger partial charge is 0.481 e. The zero-order valence-electron chi connectivity index (χ0n) is 12.4. The van der Waals surface area contributed by atoms with E-state index in [1.54, 1.807) is 12.1 Å². The van der Waals surface area contributed by atoms with Crippen LogP contribution in [0.25, 0.3) is 0 Å². The van der Waals surface area contributed by atoms with E-state index in [2.05, 4.69) is 0 Å². The van der Waals surface area contributed by atoms with Gasteiger partial charge in [-0.05, 0) is 37.8 Å². The first kappa shape index (κ1) is 16.9. The van der Waals surface area contributed by atoms with Gasteiger partial charge in [0.05, 0.1) is 24.0 Å². The summed E-state index contributed by atoms with van der Waals surface area (Å²) in [6, 6.07) is 6.43. The Bertz CT molecular complexity index is 601. The minimum absolute atomic E-state index is 0.0503. The van der Waals surface area contributed by atoms with Gasteiger partial charge in [-0.15, -0.1) is 0 Å². The highest BCUT2D eigenvalue weighted by Crippen LogP contribution is 2.33. The minimum atomic E-state index is -3.75. The predicted octanol–water partition coefficient (Wildman–Crippen LogP) is 1.83. The van der Waals surface area contributed by atoms with Crippen LogP contribution in [0.15, 0.2) is 29.2 Å². The highest BCUT2D eigenvalue weighted by atomic mass is 32.2. The van der Waals surface area contributed by atoms with Gasteiger partial charge in [0.1, 0.15) is 0 Å². The van der Waals surface area contributed by atoms with Crippen LogP contribution >= 0.6 is 0 Å². The molecule has 7 heteroatoms. The first-order chi connectivity index (χ1) is 10.4. The molecule has 1 aliphatic carbocycles. The van der Waals surface area contributed by atoms with E-state index in [1.165, 1.54) is 12.1 Å². The molecule has 1 saturated carbocycles. The van der Waals surface area contributed by atoms with Crippen LogP contribution in [0.2, 0.25) is 0 Å². The molecule has 0 bridgehead atoms. The highest BCUT2D eigenvalue weighted by Gasteiger charge is 2.34. The van der Waals surface area contributed by atoms with E-state index in [0.717, 1.165) is 5.56 Å². The molecule has 0 spiro atoms. The van der Waals surface area contributed by atoms with Gasteiger partial charge in [-0.2, -0.15) is 8.42 Å². The van der Waals surface area contributed by atoms with Gasteiger partial charge < -0.3 is 9.84 Å². The van der Waals surface area contributed by atoms with Gasteiger partial charge in [0, 0.05) is 6.61 Å². The van der Waals surface area contributed by atoms with Crippen LogP contribution in [0.3, 0.4) is 0 Å². The van der Waals surface area contributed by atoms with Gasteiger partial charge in [0.25, 0.3) is 10.1 Å². The SMILES string of the molecule is Cc1ccc(S(=O)(=O)OCCOCC2CC(C(=O)O)C2)cc1. The maximum atomic E-state index is 11.9. The van der Waals surface area contributed by atoms with E-state index in [4.69, 9.17) is 14.0 Å². The Hall–Kier alpha value is -1.44. The number of rotatable bonds is 8. The predicted molar refractivity (Wildman–Crippen MR) is 79.0 cm³/mol. The Labute approximate surface area is 130 Å². The van der Waals surface area contributed by atoms with E-state index < -0.39 is 16.1 Å². The number of hydrogen-bond donors (Lipinski definition) is 1. The fourth-order valence-electron chi connectivity index (χ4n) is 2.30. The number of benzene rings is 1. The van der Waals surface area contributed by atoms with Gasteiger partial charge in [-0.3, -0.25) is 8.98 Å². The summed E-state index contributed by atoms with van der Waals surface area (Å²) in [5.41, 5.74) is 0.974. The average Bonchev–Trinajstić information content (AvgIpc) is 2.40. The van der Waals surface area contributed by atoms with E-state index >= 15 is 0 Å². The fraction of sp³-hybridized carbons (Fsp3) is 0.533. The van der Waals surface area contributed by atoms with Gasteiger partial charge in [-0.1, -0.05) is 17.7 Å². The van der Waals surface area contributed by atoms with E-state index in [9.17, 15) is 13.2 Å². The van der Waals surface area contributed by atoms with Crippen molar-refractivity contribution >= 4 is 16.1 Å². The lowest BCUT2D eigenvalue weighted by Gasteiger charge is -2.31. The molecule has 1 N–H and O–H groups in total. The Balaban J connectivity index is 1.64. The second-order valence-corrected chi connectivity index (χ2v) is 7.15. The van der Waals surface area contributed by atoms with Crippen molar-refractivity contribution < 1.29 is 27.2 Å². The summed E-state index contributed by atoms with van der Waals surface area (Å²) in [4.78, 5) is 10.8. The van der Waals surface area contributed by atoms with Crippen molar-refractivity contribution in [2.24, 2.45) is 11.8 Å². The molecule has 0 saturated heterocycles. The summed E-state index contributed by atoms with van der Waals surface area (Å²) in [5.74, 6) is -0.773. The summed E-state index contributed by atoms with van der Waals surface area (Å²) >= 11 is 0. The highest BCUT2D eigenvalue weighted by molar-refractivity contribution is 7.86. The number of carbonyl (C=O) groups is 1. The Morgan fingerprint density at radius 1 is 1.23 bits per heavy atom. The van der Waals surface area contributed by atoms with Crippen LogP contribution in [-0.2, 0) is 23.8 Å². The quantitative estimate of drug-likeness (QED) is 0.578. The maximum absolute atomic E-state index is 11.9. The first-order valence-corrected chi connectivity index (χ1v) is 8.56. The molecular weight excluding hydrogens is 308 g/mol. The van der Waals surface area contributed by atoms with Gasteiger partial charge in [-0.25, -0.2) is 0 Å². The van der Waals surface area contributed by atoms with Crippen LogP contribution in [-0.4, -0.2) is 39.3 Å². The average molecular weight is 328 g/mol. The summed E-state index contributed by atoms with van der Waals surface area (Å²) in [6.45, 7) is 2.43. The van der Waals surface area contributed by atoms with Crippen LogP contribution in [0.1, 0.15) is 18.4 Å². The molecule has 0 amide bonds. The molecule has 122 valence electrons. The summed E-state index contributed by atoms with van der Waals surface area (Å²) in [7, 11) is -3.75. The van der Waals surface area contributed by atoms with Gasteiger partial charge in [0.2, 0.25) is 0 Å². The monoisotopic (exact) mass is 328 g/mol. The molecule has 22 heavy (non-hydrogen) atoms. The van der Waals surface area contributed by atoms with Crippen LogP contribution in [0, 0.1) is 18.8 Å². The first-order valence-electron chi connectivity index (χ1n) is 7.15. The molecule has 0 radical (unpaired) electrons. The third-order valence-electron chi connectivity index (χ3n) is 3.71. The molecule has 0 atom stereocenters. The van der Waals surface area contributed by atoms with Crippen LogP contribution in [0.4, 0.5) is 0 Å². The summed E-state index contributed by atoms with van der Waals surface area (Å²) < 4.78 is 34.0. The number of ether oxygens (including phenoxy) is 1. The van der Waals surface area contributed by atoms with Crippen molar-refractivity contribution in [3.8, 4) is 0 Å². The molecule has 6 nitrogen and oxygen atoms in total. The van der Waals surface area contributed by atoms with E-state index in [-0.39, 0.29) is 29.9 Å². The van der Waals surface area contributed by atoms with Crippen molar-refractivity contribution in [3.05, 3.63) is 29.8 Å². The summed E-state index contributed by atoms with van der Waals surface area (Å²) in [5, 5.41) is 8.75. The number of carboxylic acids is 1. The van der Waals surface area contributed by atoms with Crippen molar-refractivity contribution in [2.45, 2.75) is 24.7 Å².